The molecule has 0 heterocycles. The molecule has 0 unspecified atom stereocenters. The Morgan fingerprint density at radius 2 is 2.18 bits per heavy atom. The largest absolute Gasteiger partial charge is 0.477 e. The number of hydrogen-bond donors (Lipinski definition) is 2. The Labute approximate surface area is 105 Å². The number of rotatable bonds is 3. The standard InChI is InChI=1S/C12H13ClN2O2/c1-3-4-7(2)17-11-6-10(14)9(13)5-8(11)12(15)16/h5-7H,14H2,1-2H3,(H2,15,16)/t7-/m0/s1. The van der Waals surface area contributed by atoms with E-state index in [0.717, 1.165) is 0 Å². The third kappa shape index (κ3) is 3.30. The number of carbonyl (C=O) groups excluding carboxylic acids is 1. The second kappa shape index (κ2) is 5.46. The Hall–Kier alpha value is -1.86. The van der Waals surface area contributed by atoms with Gasteiger partial charge in [-0.25, -0.2) is 0 Å². The zero-order chi connectivity index (χ0) is 13.0. The van der Waals surface area contributed by atoms with Crippen LogP contribution in [0.5, 0.6) is 5.75 Å². The summed E-state index contributed by atoms with van der Waals surface area (Å²) >= 11 is 5.81. The minimum atomic E-state index is -0.626. The summed E-state index contributed by atoms with van der Waals surface area (Å²) in [6.07, 6.45) is -0.362. The van der Waals surface area contributed by atoms with Crippen molar-refractivity contribution in [3.63, 3.8) is 0 Å². The molecule has 0 saturated heterocycles. The van der Waals surface area contributed by atoms with Gasteiger partial charge in [0.05, 0.1) is 16.3 Å². The van der Waals surface area contributed by atoms with Gasteiger partial charge in [0.1, 0.15) is 5.75 Å². The van der Waals surface area contributed by atoms with E-state index in [1.165, 1.54) is 12.1 Å². The van der Waals surface area contributed by atoms with Crippen molar-refractivity contribution in [3.8, 4) is 17.6 Å². The Morgan fingerprint density at radius 1 is 1.53 bits per heavy atom. The number of ether oxygens (including phenoxy) is 1. The van der Waals surface area contributed by atoms with Gasteiger partial charge < -0.3 is 16.2 Å². The molecule has 0 radical (unpaired) electrons. The van der Waals surface area contributed by atoms with Crippen LogP contribution in [0.4, 0.5) is 5.69 Å². The van der Waals surface area contributed by atoms with Crippen molar-refractivity contribution in [2.45, 2.75) is 20.0 Å². The summed E-state index contributed by atoms with van der Waals surface area (Å²) in [6.45, 7) is 3.46. The average molecular weight is 253 g/mol. The highest BCUT2D eigenvalue weighted by Crippen LogP contribution is 2.29. The molecule has 0 aliphatic carbocycles. The maximum Gasteiger partial charge on any atom is 0.252 e. The summed E-state index contributed by atoms with van der Waals surface area (Å²) in [7, 11) is 0. The first-order chi connectivity index (χ1) is 7.95. The van der Waals surface area contributed by atoms with Crippen molar-refractivity contribution < 1.29 is 9.53 Å². The Morgan fingerprint density at radius 3 is 2.71 bits per heavy atom. The van der Waals surface area contributed by atoms with Gasteiger partial charge in [-0.2, -0.15) is 0 Å². The molecule has 0 aromatic heterocycles. The van der Waals surface area contributed by atoms with Crippen molar-refractivity contribution >= 4 is 23.2 Å². The van der Waals surface area contributed by atoms with E-state index in [1.807, 2.05) is 0 Å². The lowest BCUT2D eigenvalue weighted by Crippen LogP contribution is -2.16. The van der Waals surface area contributed by atoms with E-state index in [1.54, 1.807) is 13.8 Å². The monoisotopic (exact) mass is 252 g/mol. The van der Waals surface area contributed by atoms with Gasteiger partial charge in [-0.1, -0.05) is 17.5 Å². The van der Waals surface area contributed by atoms with Crippen molar-refractivity contribution in [3.05, 3.63) is 22.7 Å². The van der Waals surface area contributed by atoms with Gasteiger partial charge in [0, 0.05) is 6.07 Å². The van der Waals surface area contributed by atoms with Crippen molar-refractivity contribution in [2.75, 3.05) is 5.73 Å². The number of carbonyl (C=O) groups is 1. The molecule has 17 heavy (non-hydrogen) atoms. The molecule has 1 rings (SSSR count). The summed E-state index contributed by atoms with van der Waals surface area (Å²) in [5.41, 5.74) is 11.4. The van der Waals surface area contributed by atoms with E-state index in [-0.39, 0.29) is 22.4 Å². The molecule has 1 aromatic rings. The number of anilines is 1. The fourth-order valence-corrected chi connectivity index (χ4v) is 1.45. The summed E-state index contributed by atoms with van der Waals surface area (Å²) < 4.78 is 5.47. The van der Waals surface area contributed by atoms with Crippen molar-refractivity contribution in [2.24, 2.45) is 5.73 Å². The quantitative estimate of drug-likeness (QED) is 0.636. The van der Waals surface area contributed by atoms with Gasteiger partial charge in [0.15, 0.2) is 6.10 Å². The van der Waals surface area contributed by atoms with Crippen LogP contribution in [0.3, 0.4) is 0 Å². The number of benzene rings is 1. The molecule has 1 atom stereocenters. The molecule has 5 heteroatoms. The van der Waals surface area contributed by atoms with Crippen molar-refractivity contribution in [1.29, 1.82) is 0 Å². The first-order valence-electron chi connectivity index (χ1n) is 4.93. The van der Waals surface area contributed by atoms with Gasteiger partial charge in [-0.05, 0) is 19.9 Å². The number of primary amides is 1. The van der Waals surface area contributed by atoms with E-state index in [4.69, 9.17) is 27.8 Å². The molecule has 4 nitrogen and oxygen atoms in total. The molecule has 0 spiro atoms. The predicted molar refractivity (Wildman–Crippen MR) is 67.9 cm³/mol. The van der Waals surface area contributed by atoms with Gasteiger partial charge in [0.2, 0.25) is 0 Å². The Kier molecular flexibility index (Phi) is 4.24. The number of hydrogen-bond acceptors (Lipinski definition) is 3. The highest BCUT2D eigenvalue weighted by Gasteiger charge is 2.14. The first kappa shape index (κ1) is 13.2. The second-order valence-electron chi connectivity index (χ2n) is 3.39. The number of nitrogen functional groups attached to an aromatic ring is 1. The normalized spacial score (nSPS) is 11.2. The molecule has 0 saturated carbocycles. The molecule has 4 N–H and O–H groups in total. The van der Waals surface area contributed by atoms with E-state index in [2.05, 4.69) is 11.8 Å². The molecule has 0 fully saturated rings. The lowest BCUT2D eigenvalue weighted by Gasteiger charge is -2.13. The van der Waals surface area contributed by atoms with E-state index in [0.29, 0.717) is 5.69 Å². The fourth-order valence-electron chi connectivity index (χ4n) is 1.28. The van der Waals surface area contributed by atoms with Gasteiger partial charge in [0.25, 0.3) is 5.91 Å². The third-order valence-corrected chi connectivity index (χ3v) is 2.34. The van der Waals surface area contributed by atoms with Crippen LogP contribution < -0.4 is 16.2 Å². The van der Waals surface area contributed by atoms with Crippen LogP contribution in [-0.4, -0.2) is 12.0 Å². The highest BCUT2D eigenvalue weighted by molar-refractivity contribution is 6.33. The molecule has 90 valence electrons. The number of amides is 1. The minimum Gasteiger partial charge on any atom is -0.477 e. The summed E-state index contributed by atoms with van der Waals surface area (Å²) in [5.74, 6) is 5.17. The van der Waals surface area contributed by atoms with Crippen molar-refractivity contribution in [1.82, 2.24) is 0 Å². The fraction of sp³-hybridized carbons (Fsp3) is 0.250. The molecule has 1 amide bonds. The summed E-state index contributed by atoms with van der Waals surface area (Å²) in [5, 5.41) is 0.264. The van der Waals surface area contributed by atoms with Crippen LogP contribution in [0.25, 0.3) is 0 Å². The van der Waals surface area contributed by atoms with Gasteiger partial charge >= 0.3 is 0 Å². The maximum absolute atomic E-state index is 11.2. The Bertz CT molecular complexity index is 503. The lowest BCUT2D eigenvalue weighted by molar-refractivity contribution is 0.0995. The third-order valence-electron chi connectivity index (χ3n) is 2.02. The zero-order valence-corrected chi connectivity index (χ0v) is 10.3. The van der Waals surface area contributed by atoms with Gasteiger partial charge in [-0.15, -0.1) is 5.92 Å². The molecule has 1 aromatic carbocycles. The molecule has 0 aliphatic heterocycles. The Balaban J connectivity index is 3.15. The molecule has 0 bridgehead atoms. The maximum atomic E-state index is 11.2. The lowest BCUT2D eigenvalue weighted by atomic mass is 10.1. The number of nitrogens with two attached hydrogens (primary N) is 2. The van der Waals surface area contributed by atoms with Crippen LogP contribution in [0.1, 0.15) is 24.2 Å². The van der Waals surface area contributed by atoms with Crippen LogP contribution in [0.15, 0.2) is 12.1 Å². The van der Waals surface area contributed by atoms with Crippen LogP contribution in [0.2, 0.25) is 5.02 Å². The van der Waals surface area contributed by atoms with E-state index in [9.17, 15) is 4.79 Å². The smallest absolute Gasteiger partial charge is 0.252 e. The van der Waals surface area contributed by atoms with E-state index >= 15 is 0 Å². The summed E-state index contributed by atoms with van der Waals surface area (Å²) in [4.78, 5) is 11.2. The summed E-state index contributed by atoms with van der Waals surface area (Å²) in [6, 6.07) is 2.86. The van der Waals surface area contributed by atoms with Gasteiger partial charge in [-0.3, -0.25) is 4.79 Å². The SMILES string of the molecule is CC#C[C@H](C)Oc1cc(N)c(Cl)cc1C(N)=O. The average Bonchev–Trinajstić information content (AvgIpc) is 2.23. The van der Waals surface area contributed by atoms with Crippen LogP contribution >= 0.6 is 11.6 Å². The highest BCUT2D eigenvalue weighted by atomic mass is 35.5. The second-order valence-corrected chi connectivity index (χ2v) is 3.80. The minimum absolute atomic E-state index is 0.189. The number of halogens is 1. The topological polar surface area (TPSA) is 78.3 Å². The molecule has 0 aliphatic rings. The predicted octanol–water partition coefficient (Wildman–Crippen LogP) is 1.81. The molecular formula is C12H13ClN2O2. The van der Waals surface area contributed by atoms with E-state index < -0.39 is 5.91 Å². The first-order valence-corrected chi connectivity index (χ1v) is 5.31. The van der Waals surface area contributed by atoms with Crippen LogP contribution in [0, 0.1) is 11.8 Å². The molecular weight excluding hydrogens is 240 g/mol. The van der Waals surface area contributed by atoms with Crippen LogP contribution in [-0.2, 0) is 0 Å². The zero-order valence-electron chi connectivity index (χ0n) is 9.58.